The number of nitrogens with zero attached hydrogens (tertiary/aromatic N) is 1. The molecular formula is C19H26FIN4O3S. The molecule has 0 bridgehead atoms. The van der Waals surface area contributed by atoms with Gasteiger partial charge >= 0.3 is 0 Å². The molecule has 0 aromatic heterocycles. The molecule has 0 radical (unpaired) electrons. The molecule has 0 saturated heterocycles. The van der Waals surface area contributed by atoms with E-state index in [2.05, 4.69) is 15.6 Å². The zero-order chi connectivity index (χ0) is 20.6. The molecular weight excluding hydrogens is 510 g/mol. The van der Waals surface area contributed by atoms with E-state index < -0.39 is 10.0 Å². The van der Waals surface area contributed by atoms with Crippen LogP contribution < -0.4 is 20.5 Å². The van der Waals surface area contributed by atoms with Gasteiger partial charge in [0.15, 0.2) is 5.96 Å². The van der Waals surface area contributed by atoms with Gasteiger partial charge in [0, 0.05) is 6.54 Å². The Morgan fingerprint density at radius 2 is 1.90 bits per heavy atom. The van der Waals surface area contributed by atoms with Gasteiger partial charge in [-0.3, -0.25) is 0 Å². The van der Waals surface area contributed by atoms with Crippen LogP contribution in [0.4, 0.5) is 4.39 Å². The van der Waals surface area contributed by atoms with Gasteiger partial charge in [-0.15, -0.1) is 24.0 Å². The van der Waals surface area contributed by atoms with Gasteiger partial charge in [0.1, 0.15) is 17.7 Å². The van der Waals surface area contributed by atoms with Crippen molar-refractivity contribution in [1.29, 1.82) is 0 Å². The Balaban J connectivity index is 0.00000420. The molecule has 1 atom stereocenters. The molecule has 0 saturated carbocycles. The monoisotopic (exact) mass is 536 g/mol. The first-order chi connectivity index (χ1) is 13.3. The van der Waals surface area contributed by atoms with Crippen molar-refractivity contribution in [1.82, 2.24) is 10.6 Å². The Morgan fingerprint density at radius 1 is 1.21 bits per heavy atom. The topological polar surface area (TPSA) is 106 Å². The summed E-state index contributed by atoms with van der Waals surface area (Å²) in [4.78, 5) is 4.51. The highest BCUT2D eigenvalue weighted by Gasteiger charge is 2.09. The lowest BCUT2D eigenvalue weighted by Gasteiger charge is -2.17. The number of nitrogens with one attached hydrogen (secondary N) is 2. The number of guanidine groups is 1. The molecule has 160 valence electrons. The number of nitrogens with two attached hydrogens (primary N) is 1. The van der Waals surface area contributed by atoms with E-state index in [9.17, 15) is 12.8 Å². The maximum absolute atomic E-state index is 12.9. The fourth-order valence-corrected chi connectivity index (χ4v) is 2.94. The highest BCUT2D eigenvalue weighted by molar-refractivity contribution is 14.0. The third-order valence-electron chi connectivity index (χ3n) is 3.70. The Labute approximate surface area is 188 Å². The van der Waals surface area contributed by atoms with Crippen LogP contribution >= 0.6 is 24.0 Å². The summed E-state index contributed by atoms with van der Waals surface area (Å²) >= 11 is 0. The second-order valence-electron chi connectivity index (χ2n) is 6.15. The maximum atomic E-state index is 12.9. The van der Waals surface area contributed by atoms with E-state index in [0.717, 1.165) is 5.56 Å². The first kappa shape index (κ1) is 25.1. The molecule has 0 fully saturated rings. The maximum Gasteiger partial charge on any atom is 0.238 e. The van der Waals surface area contributed by atoms with E-state index in [1.165, 1.54) is 24.3 Å². The first-order valence-corrected chi connectivity index (χ1v) is 10.4. The molecule has 7 nitrogen and oxygen atoms in total. The van der Waals surface area contributed by atoms with Crippen molar-refractivity contribution in [2.45, 2.75) is 31.4 Å². The molecule has 4 N–H and O–H groups in total. The summed E-state index contributed by atoms with van der Waals surface area (Å²) in [7, 11) is -3.75. The smallest absolute Gasteiger partial charge is 0.238 e. The van der Waals surface area contributed by atoms with Crippen LogP contribution in [0, 0.1) is 5.82 Å². The SMILES string of the molecule is CCNC(=NCc1cccc(S(N)(=O)=O)c1)NCC(C)Oc1ccc(F)cc1.I. The molecule has 2 aromatic carbocycles. The minimum atomic E-state index is -3.75. The summed E-state index contributed by atoms with van der Waals surface area (Å²) < 4.78 is 41.6. The van der Waals surface area contributed by atoms with E-state index in [1.54, 1.807) is 24.3 Å². The third-order valence-corrected chi connectivity index (χ3v) is 4.61. The number of hydrogen-bond acceptors (Lipinski definition) is 4. The highest BCUT2D eigenvalue weighted by Crippen LogP contribution is 2.13. The second kappa shape index (κ2) is 11.9. The van der Waals surface area contributed by atoms with Crippen LogP contribution in [0.2, 0.25) is 0 Å². The van der Waals surface area contributed by atoms with Crippen molar-refractivity contribution in [3.05, 3.63) is 59.9 Å². The van der Waals surface area contributed by atoms with Crippen LogP contribution in [0.1, 0.15) is 19.4 Å². The largest absolute Gasteiger partial charge is 0.489 e. The number of benzene rings is 2. The van der Waals surface area contributed by atoms with Crippen LogP contribution in [0.5, 0.6) is 5.75 Å². The van der Waals surface area contributed by atoms with Gasteiger partial charge in [0.05, 0.1) is 18.0 Å². The molecule has 2 rings (SSSR count). The van der Waals surface area contributed by atoms with Gasteiger partial charge < -0.3 is 15.4 Å². The van der Waals surface area contributed by atoms with Crippen molar-refractivity contribution in [3.8, 4) is 5.75 Å². The number of ether oxygens (including phenoxy) is 1. The fraction of sp³-hybridized carbons (Fsp3) is 0.316. The van der Waals surface area contributed by atoms with E-state index in [1.807, 2.05) is 13.8 Å². The number of primary sulfonamides is 1. The van der Waals surface area contributed by atoms with Crippen molar-refractivity contribution in [2.75, 3.05) is 13.1 Å². The first-order valence-electron chi connectivity index (χ1n) is 8.84. The zero-order valence-corrected chi connectivity index (χ0v) is 19.4. The molecule has 0 heterocycles. The predicted octanol–water partition coefficient (Wildman–Crippen LogP) is 2.61. The van der Waals surface area contributed by atoms with Crippen LogP contribution in [-0.2, 0) is 16.6 Å². The summed E-state index contributed by atoms with van der Waals surface area (Å²) in [6, 6.07) is 12.2. The van der Waals surface area contributed by atoms with Crippen molar-refractivity contribution < 1.29 is 17.5 Å². The van der Waals surface area contributed by atoms with Gasteiger partial charge in [-0.1, -0.05) is 12.1 Å². The van der Waals surface area contributed by atoms with Crippen molar-refractivity contribution in [3.63, 3.8) is 0 Å². The van der Waals surface area contributed by atoms with E-state index >= 15 is 0 Å². The minimum absolute atomic E-state index is 0. The Bertz CT molecular complexity index is 908. The third kappa shape index (κ3) is 8.96. The summed E-state index contributed by atoms with van der Waals surface area (Å²) in [6.45, 7) is 5.25. The van der Waals surface area contributed by atoms with E-state index in [0.29, 0.717) is 24.8 Å². The average molecular weight is 536 g/mol. The average Bonchev–Trinajstić information content (AvgIpc) is 2.65. The normalized spacial score (nSPS) is 12.6. The zero-order valence-electron chi connectivity index (χ0n) is 16.3. The van der Waals surface area contributed by atoms with Gasteiger partial charge in [0.25, 0.3) is 0 Å². The molecule has 1 unspecified atom stereocenters. The summed E-state index contributed by atoms with van der Waals surface area (Å²) in [5.41, 5.74) is 0.722. The Hall–Kier alpha value is -1.92. The number of hydrogen-bond donors (Lipinski definition) is 3. The van der Waals surface area contributed by atoms with Gasteiger partial charge in [-0.2, -0.15) is 0 Å². The van der Waals surface area contributed by atoms with Crippen LogP contribution in [0.25, 0.3) is 0 Å². The molecule has 0 aliphatic carbocycles. The number of sulfonamides is 1. The highest BCUT2D eigenvalue weighted by atomic mass is 127. The van der Waals surface area contributed by atoms with Gasteiger partial charge in [0.2, 0.25) is 10.0 Å². The van der Waals surface area contributed by atoms with Crippen LogP contribution in [-0.4, -0.2) is 33.6 Å². The van der Waals surface area contributed by atoms with Crippen LogP contribution in [0.3, 0.4) is 0 Å². The van der Waals surface area contributed by atoms with Crippen molar-refractivity contribution in [2.24, 2.45) is 10.1 Å². The lowest BCUT2D eigenvalue weighted by Crippen LogP contribution is -2.41. The molecule has 0 aliphatic heterocycles. The quantitative estimate of drug-likeness (QED) is 0.273. The minimum Gasteiger partial charge on any atom is -0.489 e. The molecule has 0 spiro atoms. The Kier molecular flexibility index (Phi) is 10.3. The fourth-order valence-electron chi connectivity index (χ4n) is 2.36. The molecule has 0 amide bonds. The lowest BCUT2D eigenvalue weighted by atomic mass is 10.2. The summed E-state index contributed by atoms with van der Waals surface area (Å²) in [5.74, 6) is 0.835. The second-order valence-corrected chi connectivity index (χ2v) is 7.71. The number of rotatable bonds is 8. The number of halogens is 2. The Morgan fingerprint density at radius 3 is 2.52 bits per heavy atom. The molecule has 0 aliphatic rings. The van der Waals surface area contributed by atoms with Crippen molar-refractivity contribution >= 4 is 40.0 Å². The molecule has 29 heavy (non-hydrogen) atoms. The van der Waals surface area contributed by atoms with E-state index in [-0.39, 0.29) is 47.3 Å². The van der Waals surface area contributed by atoms with Crippen LogP contribution in [0.15, 0.2) is 58.4 Å². The lowest BCUT2D eigenvalue weighted by molar-refractivity contribution is 0.223. The number of aliphatic imine (C=N–C) groups is 1. The summed E-state index contributed by atoms with van der Waals surface area (Å²) in [5, 5.41) is 11.4. The molecule has 10 heteroatoms. The van der Waals surface area contributed by atoms with Gasteiger partial charge in [-0.25, -0.2) is 22.9 Å². The summed E-state index contributed by atoms with van der Waals surface area (Å²) in [6.07, 6.45) is -0.181. The van der Waals surface area contributed by atoms with Gasteiger partial charge in [-0.05, 0) is 55.8 Å². The standard InChI is InChI=1S/C19H25FN4O3S.HI/c1-3-22-19(23-12-14(2)27-17-9-7-16(20)8-10-17)24-13-15-5-4-6-18(11-15)28(21,25)26;/h4-11,14H,3,12-13H2,1-2H3,(H2,21,25,26)(H2,22,23,24);1H. The van der Waals surface area contributed by atoms with E-state index in [4.69, 9.17) is 9.88 Å². The molecule has 2 aromatic rings. The predicted molar refractivity (Wildman–Crippen MR) is 123 cm³/mol.